The molecule has 0 bridgehead atoms. The van der Waals surface area contributed by atoms with Gasteiger partial charge in [-0.05, 0) is 12.1 Å². The molecule has 0 aliphatic heterocycles. The molecule has 0 aliphatic carbocycles. The van der Waals surface area contributed by atoms with Gasteiger partial charge in [0.1, 0.15) is 11.6 Å². The van der Waals surface area contributed by atoms with E-state index in [1.807, 2.05) is 0 Å². The highest BCUT2D eigenvalue weighted by atomic mass is 19.1. The van der Waals surface area contributed by atoms with Crippen LogP contribution in [0.1, 0.15) is 11.8 Å². The van der Waals surface area contributed by atoms with E-state index in [1.165, 1.54) is 19.2 Å². The molecule has 0 aliphatic rings. The largest absolute Gasteiger partial charge is 0.494 e. The second-order valence-electron chi connectivity index (χ2n) is 3.41. The van der Waals surface area contributed by atoms with Gasteiger partial charge in [0.2, 0.25) is 11.8 Å². The number of rotatable bonds is 4. The molecule has 0 amide bonds. The number of nitrogens with zero attached hydrogens (tertiary/aromatic N) is 2. The quantitative estimate of drug-likeness (QED) is 0.882. The maximum atomic E-state index is 13.0. The minimum absolute atomic E-state index is 0.346. The Morgan fingerprint density at radius 3 is 2.88 bits per heavy atom. The summed E-state index contributed by atoms with van der Waals surface area (Å²) in [7, 11) is 1.48. The minimum Gasteiger partial charge on any atom is -0.494 e. The number of ether oxygens (including phenoxy) is 1. The van der Waals surface area contributed by atoms with Gasteiger partial charge in [-0.2, -0.15) is 0 Å². The van der Waals surface area contributed by atoms with E-state index < -0.39 is 0 Å². The maximum absolute atomic E-state index is 13.0. The number of halogens is 1. The van der Waals surface area contributed by atoms with Crippen LogP contribution in [0.15, 0.2) is 22.6 Å². The number of aryl methyl sites for hydroxylation is 1. The zero-order valence-corrected chi connectivity index (χ0v) is 9.53. The molecule has 5 nitrogen and oxygen atoms in total. The first-order valence-corrected chi connectivity index (χ1v) is 5.05. The highest BCUT2D eigenvalue weighted by Crippen LogP contribution is 2.25. The Morgan fingerprint density at radius 1 is 1.41 bits per heavy atom. The van der Waals surface area contributed by atoms with Crippen LogP contribution >= 0.6 is 0 Å². The maximum Gasteiger partial charge on any atom is 0.235 e. The van der Waals surface area contributed by atoms with E-state index in [-0.39, 0.29) is 5.82 Å². The number of aromatic nitrogens is 2. The number of nitrogens with one attached hydrogen (secondary N) is 1. The second-order valence-corrected chi connectivity index (χ2v) is 3.41. The number of benzene rings is 1. The fourth-order valence-electron chi connectivity index (χ4n) is 1.39. The van der Waals surface area contributed by atoms with Crippen molar-refractivity contribution in [2.45, 2.75) is 13.5 Å². The number of hydrogen-bond acceptors (Lipinski definition) is 5. The van der Waals surface area contributed by atoms with Crippen LogP contribution in [0.4, 0.5) is 10.1 Å². The number of methoxy groups -OCH3 is 1. The molecule has 6 heteroatoms. The molecule has 2 aromatic rings. The molecule has 1 N–H and O–H groups in total. The molecule has 0 atom stereocenters. The molecule has 0 saturated heterocycles. The Morgan fingerprint density at radius 2 is 2.24 bits per heavy atom. The fraction of sp³-hybridized carbons (Fsp3) is 0.273. The van der Waals surface area contributed by atoms with Crippen LogP contribution in [0.25, 0.3) is 0 Å². The monoisotopic (exact) mass is 237 g/mol. The van der Waals surface area contributed by atoms with E-state index in [9.17, 15) is 4.39 Å². The third kappa shape index (κ3) is 2.72. The topological polar surface area (TPSA) is 60.2 Å². The summed E-state index contributed by atoms with van der Waals surface area (Å²) < 4.78 is 23.2. The van der Waals surface area contributed by atoms with Crippen LogP contribution in [0, 0.1) is 12.7 Å². The van der Waals surface area contributed by atoms with Crippen LogP contribution in [0.2, 0.25) is 0 Å². The SMILES string of the molecule is COc1cc(F)ccc1NCc1nnc(C)o1. The number of hydrogen-bond donors (Lipinski definition) is 1. The van der Waals surface area contributed by atoms with E-state index in [2.05, 4.69) is 15.5 Å². The molecule has 2 rings (SSSR count). The van der Waals surface area contributed by atoms with Crippen molar-refractivity contribution < 1.29 is 13.5 Å². The second kappa shape index (κ2) is 4.82. The van der Waals surface area contributed by atoms with Crippen molar-refractivity contribution in [2.24, 2.45) is 0 Å². The summed E-state index contributed by atoms with van der Waals surface area (Å²) in [5, 5.41) is 10.6. The Bertz CT molecular complexity index is 513. The van der Waals surface area contributed by atoms with Crippen LogP contribution < -0.4 is 10.1 Å². The van der Waals surface area contributed by atoms with Crippen molar-refractivity contribution in [1.29, 1.82) is 0 Å². The molecule has 0 fully saturated rings. The summed E-state index contributed by atoms with van der Waals surface area (Å²) in [6.45, 7) is 2.08. The summed E-state index contributed by atoms with van der Waals surface area (Å²) in [6.07, 6.45) is 0. The van der Waals surface area contributed by atoms with Crippen molar-refractivity contribution in [3.8, 4) is 5.75 Å². The molecule has 1 heterocycles. The first kappa shape index (κ1) is 11.4. The Balaban J connectivity index is 2.08. The summed E-state index contributed by atoms with van der Waals surface area (Å²) in [5.41, 5.74) is 0.671. The fourth-order valence-corrected chi connectivity index (χ4v) is 1.39. The average molecular weight is 237 g/mol. The molecule has 0 radical (unpaired) electrons. The predicted octanol–water partition coefficient (Wildman–Crippen LogP) is 2.14. The van der Waals surface area contributed by atoms with E-state index in [0.717, 1.165) is 0 Å². The van der Waals surface area contributed by atoms with Crippen molar-refractivity contribution >= 4 is 5.69 Å². The van der Waals surface area contributed by atoms with Gasteiger partial charge < -0.3 is 14.5 Å². The minimum atomic E-state index is -0.346. The van der Waals surface area contributed by atoms with Gasteiger partial charge in [0, 0.05) is 13.0 Å². The first-order chi connectivity index (χ1) is 8.19. The van der Waals surface area contributed by atoms with E-state index in [4.69, 9.17) is 9.15 Å². The summed E-state index contributed by atoms with van der Waals surface area (Å²) in [6, 6.07) is 4.25. The third-order valence-corrected chi connectivity index (χ3v) is 2.16. The van der Waals surface area contributed by atoms with E-state index in [0.29, 0.717) is 29.8 Å². The molecular weight excluding hydrogens is 225 g/mol. The van der Waals surface area contributed by atoms with Gasteiger partial charge in [0.05, 0.1) is 19.3 Å². The van der Waals surface area contributed by atoms with Crippen molar-refractivity contribution in [3.05, 3.63) is 35.8 Å². The van der Waals surface area contributed by atoms with Crippen molar-refractivity contribution in [3.63, 3.8) is 0 Å². The van der Waals surface area contributed by atoms with E-state index in [1.54, 1.807) is 13.0 Å². The molecule has 0 spiro atoms. The highest BCUT2D eigenvalue weighted by Gasteiger charge is 2.06. The molecule has 1 aromatic heterocycles. The van der Waals surface area contributed by atoms with Gasteiger partial charge in [-0.15, -0.1) is 10.2 Å². The van der Waals surface area contributed by atoms with Crippen LogP contribution in [0.5, 0.6) is 5.75 Å². The van der Waals surface area contributed by atoms with Crippen LogP contribution in [-0.4, -0.2) is 17.3 Å². The smallest absolute Gasteiger partial charge is 0.235 e. The standard InChI is InChI=1S/C11H12FN3O2/c1-7-14-15-11(17-7)6-13-9-4-3-8(12)5-10(9)16-2/h3-5,13H,6H2,1-2H3. The highest BCUT2D eigenvalue weighted by molar-refractivity contribution is 5.56. The molecule has 90 valence electrons. The summed E-state index contributed by atoms with van der Waals surface area (Å²) in [4.78, 5) is 0. The molecule has 0 unspecified atom stereocenters. The lowest BCUT2D eigenvalue weighted by molar-refractivity contribution is 0.412. The van der Waals surface area contributed by atoms with Crippen LogP contribution in [-0.2, 0) is 6.54 Å². The zero-order valence-electron chi connectivity index (χ0n) is 9.53. The lowest BCUT2D eigenvalue weighted by Crippen LogP contribution is -2.02. The van der Waals surface area contributed by atoms with Gasteiger partial charge in [-0.3, -0.25) is 0 Å². The predicted molar refractivity (Wildman–Crippen MR) is 59.3 cm³/mol. The Hall–Kier alpha value is -2.11. The van der Waals surface area contributed by atoms with Crippen LogP contribution in [0.3, 0.4) is 0 Å². The normalized spacial score (nSPS) is 10.3. The summed E-state index contributed by atoms with van der Waals surface area (Å²) >= 11 is 0. The molecule has 0 saturated carbocycles. The third-order valence-electron chi connectivity index (χ3n) is 2.16. The average Bonchev–Trinajstić information content (AvgIpc) is 2.73. The summed E-state index contributed by atoms with van der Waals surface area (Å²) in [5.74, 6) is 1.06. The molecular formula is C11H12FN3O2. The Kier molecular flexibility index (Phi) is 3.22. The Labute approximate surface area is 97.6 Å². The molecule has 17 heavy (non-hydrogen) atoms. The zero-order chi connectivity index (χ0) is 12.3. The van der Waals surface area contributed by atoms with Crippen molar-refractivity contribution in [2.75, 3.05) is 12.4 Å². The molecule has 1 aromatic carbocycles. The number of anilines is 1. The van der Waals surface area contributed by atoms with E-state index >= 15 is 0 Å². The van der Waals surface area contributed by atoms with Gasteiger partial charge >= 0.3 is 0 Å². The lowest BCUT2D eigenvalue weighted by Gasteiger charge is -2.09. The van der Waals surface area contributed by atoms with Gasteiger partial charge in [0.15, 0.2) is 0 Å². The van der Waals surface area contributed by atoms with Gasteiger partial charge in [-0.1, -0.05) is 0 Å². The van der Waals surface area contributed by atoms with Gasteiger partial charge in [-0.25, -0.2) is 4.39 Å². The first-order valence-electron chi connectivity index (χ1n) is 5.05. The van der Waals surface area contributed by atoms with Crippen molar-refractivity contribution in [1.82, 2.24) is 10.2 Å². The lowest BCUT2D eigenvalue weighted by atomic mass is 10.3. The van der Waals surface area contributed by atoms with Gasteiger partial charge in [0.25, 0.3) is 0 Å².